The van der Waals surface area contributed by atoms with Gasteiger partial charge in [-0.05, 0) is 12.8 Å². The maximum atomic E-state index is 11.5. The minimum Gasteiger partial charge on any atom is -0.481 e. The van der Waals surface area contributed by atoms with Crippen LogP contribution in [-0.4, -0.2) is 27.6 Å². The molecule has 1 heterocycles. The van der Waals surface area contributed by atoms with Gasteiger partial charge >= 0.3 is 5.97 Å². The molecule has 7 nitrogen and oxygen atoms in total. The first-order chi connectivity index (χ1) is 9.05. The number of anilines is 2. The number of rotatable bonds is 4. The summed E-state index contributed by atoms with van der Waals surface area (Å²) in [7, 11) is 0. The van der Waals surface area contributed by atoms with Crippen molar-refractivity contribution in [2.45, 2.75) is 32.1 Å². The fourth-order valence-corrected chi connectivity index (χ4v) is 2.50. The molecule has 0 unspecified atom stereocenters. The van der Waals surface area contributed by atoms with E-state index in [1.54, 1.807) is 0 Å². The highest BCUT2D eigenvalue weighted by Gasteiger charge is 2.39. The van der Waals surface area contributed by atoms with E-state index in [9.17, 15) is 14.7 Å². The van der Waals surface area contributed by atoms with Crippen molar-refractivity contribution in [3.63, 3.8) is 0 Å². The monoisotopic (exact) mass is 266 g/mol. The van der Waals surface area contributed by atoms with E-state index in [-0.39, 0.29) is 18.1 Å². The van der Waals surface area contributed by atoms with Crippen LogP contribution in [0.1, 0.15) is 32.1 Å². The summed E-state index contributed by atoms with van der Waals surface area (Å²) in [6.45, 7) is 0.239. The molecule has 0 spiro atoms. The van der Waals surface area contributed by atoms with Gasteiger partial charge < -0.3 is 21.1 Å². The largest absolute Gasteiger partial charge is 0.481 e. The third kappa shape index (κ3) is 2.69. The first kappa shape index (κ1) is 13.4. The Morgan fingerprint density at radius 1 is 1.47 bits per heavy atom. The Kier molecular flexibility index (Phi) is 3.73. The van der Waals surface area contributed by atoms with E-state index in [2.05, 4.69) is 15.3 Å². The normalized spacial score (nSPS) is 17.9. The van der Waals surface area contributed by atoms with Crippen LogP contribution in [0, 0.1) is 5.41 Å². The fourth-order valence-electron chi connectivity index (χ4n) is 2.50. The molecule has 1 aromatic heterocycles. The summed E-state index contributed by atoms with van der Waals surface area (Å²) in [5.74, 6) is -0.557. The molecule has 1 aromatic rings. The van der Waals surface area contributed by atoms with Crippen LogP contribution in [-0.2, 0) is 4.79 Å². The van der Waals surface area contributed by atoms with E-state index in [0.29, 0.717) is 12.8 Å². The molecule has 1 aliphatic carbocycles. The van der Waals surface area contributed by atoms with Crippen LogP contribution in [0.25, 0.3) is 0 Å². The summed E-state index contributed by atoms with van der Waals surface area (Å²) in [6, 6.07) is 0. The summed E-state index contributed by atoms with van der Waals surface area (Å²) in [6.07, 6.45) is 5.41. The molecule has 5 N–H and O–H groups in total. The van der Waals surface area contributed by atoms with Crippen molar-refractivity contribution in [2.75, 3.05) is 17.6 Å². The van der Waals surface area contributed by atoms with Gasteiger partial charge in [0.25, 0.3) is 5.56 Å². The number of nitrogens with zero attached hydrogens (tertiary/aromatic N) is 1. The van der Waals surface area contributed by atoms with Crippen LogP contribution in [0.2, 0.25) is 0 Å². The molecule has 19 heavy (non-hydrogen) atoms. The number of nitrogens with two attached hydrogens (primary N) is 1. The smallest absolute Gasteiger partial charge is 0.311 e. The number of carboxylic acid groups (broad SMARTS) is 1. The predicted octanol–water partition coefficient (Wildman–Crippen LogP) is 0.799. The van der Waals surface area contributed by atoms with Crippen LogP contribution in [0.15, 0.2) is 11.1 Å². The molecule has 0 amide bonds. The van der Waals surface area contributed by atoms with Crippen molar-refractivity contribution in [1.82, 2.24) is 9.97 Å². The van der Waals surface area contributed by atoms with Crippen LogP contribution >= 0.6 is 0 Å². The lowest BCUT2D eigenvalue weighted by atomic mass is 9.74. The Morgan fingerprint density at radius 3 is 2.79 bits per heavy atom. The number of nitrogen functional groups attached to an aromatic ring is 1. The molecule has 0 aliphatic heterocycles. The molecule has 0 radical (unpaired) electrons. The van der Waals surface area contributed by atoms with E-state index in [1.807, 2.05) is 0 Å². The number of hydrogen-bond donors (Lipinski definition) is 4. The quantitative estimate of drug-likeness (QED) is 0.639. The third-order valence-corrected chi connectivity index (χ3v) is 3.75. The Morgan fingerprint density at radius 2 is 2.16 bits per heavy atom. The number of aliphatic carboxylic acids is 1. The van der Waals surface area contributed by atoms with E-state index >= 15 is 0 Å². The zero-order valence-corrected chi connectivity index (χ0v) is 10.6. The number of H-pyrrole nitrogens is 1. The van der Waals surface area contributed by atoms with Gasteiger partial charge in [0, 0.05) is 6.54 Å². The molecule has 2 rings (SSSR count). The topological polar surface area (TPSA) is 121 Å². The standard InChI is InChI=1S/C12H18N4O3/c13-8-9(15-7-16-10(8)17)14-6-12(11(18)19)4-2-1-3-5-12/h7H,1-6,13H2,(H,18,19)(H2,14,15,16,17). The Bertz CT molecular complexity index is 520. The van der Waals surface area contributed by atoms with Gasteiger partial charge in [0.05, 0.1) is 11.7 Å². The molecule has 0 aromatic carbocycles. The maximum absolute atomic E-state index is 11.5. The molecule has 0 saturated heterocycles. The molecular formula is C12H18N4O3. The SMILES string of the molecule is Nc1c(NCC2(C(=O)O)CCCCC2)nc[nH]c1=O. The van der Waals surface area contributed by atoms with E-state index in [4.69, 9.17) is 5.73 Å². The lowest BCUT2D eigenvalue weighted by molar-refractivity contribution is -0.150. The number of hydrogen-bond acceptors (Lipinski definition) is 5. The van der Waals surface area contributed by atoms with Crippen molar-refractivity contribution in [2.24, 2.45) is 5.41 Å². The molecule has 1 saturated carbocycles. The van der Waals surface area contributed by atoms with Crippen molar-refractivity contribution in [3.8, 4) is 0 Å². The van der Waals surface area contributed by atoms with Gasteiger partial charge in [0.1, 0.15) is 5.69 Å². The zero-order chi connectivity index (χ0) is 13.9. The van der Waals surface area contributed by atoms with Gasteiger partial charge in [-0.1, -0.05) is 19.3 Å². The molecule has 1 aliphatic rings. The first-order valence-corrected chi connectivity index (χ1v) is 6.36. The molecule has 0 atom stereocenters. The van der Waals surface area contributed by atoms with Crippen molar-refractivity contribution < 1.29 is 9.90 Å². The highest BCUT2D eigenvalue weighted by atomic mass is 16.4. The fraction of sp³-hybridized carbons (Fsp3) is 0.583. The average Bonchev–Trinajstić information content (AvgIpc) is 2.41. The molecule has 0 bridgehead atoms. The molecule has 7 heteroatoms. The first-order valence-electron chi connectivity index (χ1n) is 6.36. The molecular weight excluding hydrogens is 248 g/mol. The highest BCUT2D eigenvalue weighted by molar-refractivity contribution is 5.76. The van der Waals surface area contributed by atoms with E-state index < -0.39 is 16.9 Å². The molecule has 104 valence electrons. The van der Waals surface area contributed by atoms with Crippen molar-refractivity contribution in [3.05, 3.63) is 16.7 Å². The number of carbonyl (C=O) groups is 1. The summed E-state index contributed by atoms with van der Waals surface area (Å²) < 4.78 is 0. The minimum absolute atomic E-state index is 0.0150. The Labute approximate surface area is 110 Å². The lowest BCUT2D eigenvalue weighted by Crippen LogP contribution is -2.40. The van der Waals surface area contributed by atoms with Gasteiger partial charge in [-0.3, -0.25) is 9.59 Å². The maximum Gasteiger partial charge on any atom is 0.311 e. The number of aromatic amines is 1. The second-order valence-corrected chi connectivity index (χ2v) is 4.99. The predicted molar refractivity (Wildman–Crippen MR) is 70.9 cm³/mol. The highest BCUT2D eigenvalue weighted by Crippen LogP contribution is 2.36. The Hall–Kier alpha value is -2.05. The van der Waals surface area contributed by atoms with Crippen LogP contribution in [0.4, 0.5) is 11.5 Å². The van der Waals surface area contributed by atoms with Gasteiger partial charge in [-0.25, -0.2) is 4.98 Å². The van der Waals surface area contributed by atoms with Crippen LogP contribution in [0.3, 0.4) is 0 Å². The van der Waals surface area contributed by atoms with Gasteiger partial charge in [-0.15, -0.1) is 0 Å². The lowest BCUT2D eigenvalue weighted by Gasteiger charge is -2.33. The third-order valence-electron chi connectivity index (χ3n) is 3.75. The summed E-state index contributed by atoms with van der Waals surface area (Å²) >= 11 is 0. The van der Waals surface area contributed by atoms with Gasteiger partial charge in [0.15, 0.2) is 5.82 Å². The summed E-state index contributed by atoms with van der Waals surface area (Å²) in [5, 5.41) is 12.3. The minimum atomic E-state index is -0.803. The zero-order valence-electron chi connectivity index (χ0n) is 10.6. The van der Waals surface area contributed by atoms with E-state index in [1.165, 1.54) is 6.33 Å². The number of carboxylic acids is 1. The second kappa shape index (κ2) is 5.29. The van der Waals surface area contributed by atoms with Gasteiger partial charge in [-0.2, -0.15) is 0 Å². The van der Waals surface area contributed by atoms with Gasteiger partial charge in [0.2, 0.25) is 0 Å². The van der Waals surface area contributed by atoms with Crippen molar-refractivity contribution >= 4 is 17.5 Å². The summed E-state index contributed by atoms with van der Waals surface area (Å²) in [5.41, 5.74) is 4.38. The van der Waals surface area contributed by atoms with Crippen LogP contribution < -0.4 is 16.6 Å². The average molecular weight is 266 g/mol. The number of aromatic nitrogens is 2. The molecule has 1 fully saturated rings. The second-order valence-electron chi connectivity index (χ2n) is 4.99. The summed E-state index contributed by atoms with van der Waals surface area (Å²) in [4.78, 5) is 29.1. The van der Waals surface area contributed by atoms with Crippen LogP contribution in [0.5, 0.6) is 0 Å². The number of nitrogens with one attached hydrogen (secondary N) is 2. The van der Waals surface area contributed by atoms with E-state index in [0.717, 1.165) is 19.3 Å². The Balaban J connectivity index is 2.13. The van der Waals surface area contributed by atoms with Crippen molar-refractivity contribution in [1.29, 1.82) is 0 Å².